The molecule has 2 heterocycles. The zero-order chi connectivity index (χ0) is 15.7. The molecule has 3 rings (SSSR count). The molecule has 0 aliphatic carbocycles. The van der Waals surface area contributed by atoms with Gasteiger partial charge in [-0.15, -0.1) is 0 Å². The molecule has 0 N–H and O–H groups in total. The molecule has 1 aliphatic heterocycles. The fraction of sp³-hybridized carbons (Fsp3) is 0.250. The lowest BCUT2D eigenvalue weighted by Gasteiger charge is -2.16. The van der Waals surface area contributed by atoms with Crippen LogP contribution in [0.15, 0.2) is 48.8 Å². The number of rotatable bonds is 4. The van der Waals surface area contributed by atoms with Crippen molar-refractivity contribution in [2.45, 2.75) is 13.0 Å². The second-order valence-corrected chi connectivity index (χ2v) is 7.31. The Morgan fingerprint density at radius 2 is 1.91 bits per heavy atom. The van der Waals surface area contributed by atoms with Crippen molar-refractivity contribution in [3.63, 3.8) is 0 Å². The number of Topliss-reactive ketones (excluding diaryl/α,β-unsaturated/α-hetero) is 1. The Bertz CT molecular complexity index is 822. The smallest absolute Gasteiger partial charge is 0.232 e. The Morgan fingerprint density at radius 1 is 1.22 bits per heavy atom. The zero-order valence-electron chi connectivity index (χ0n) is 12.6. The van der Waals surface area contributed by atoms with Crippen molar-refractivity contribution in [2.75, 3.05) is 17.1 Å². The van der Waals surface area contributed by atoms with Crippen LogP contribution in [0.1, 0.15) is 15.9 Å². The Balaban J connectivity index is 0.00000192. The predicted octanol–water partition coefficient (Wildman–Crippen LogP) is -1.82. The van der Waals surface area contributed by atoms with Crippen LogP contribution in [-0.4, -0.2) is 27.0 Å². The summed E-state index contributed by atoms with van der Waals surface area (Å²) in [6, 6.07) is 10.9. The molecule has 0 saturated heterocycles. The zero-order valence-corrected chi connectivity index (χ0v) is 14.2. The average molecular weight is 353 g/mol. The fourth-order valence-corrected chi connectivity index (χ4v) is 3.64. The predicted molar refractivity (Wildman–Crippen MR) is 83.3 cm³/mol. The molecular weight excluding hydrogens is 336 g/mol. The molecule has 0 radical (unpaired) electrons. The van der Waals surface area contributed by atoms with Gasteiger partial charge < -0.3 is 12.4 Å². The molecule has 0 fully saturated rings. The lowest BCUT2D eigenvalue weighted by Crippen LogP contribution is -3.00. The van der Waals surface area contributed by atoms with Crippen molar-refractivity contribution in [1.82, 2.24) is 0 Å². The lowest BCUT2D eigenvalue weighted by molar-refractivity contribution is -0.683. The molecule has 1 aromatic carbocycles. The van der Waals surface area contributed by atoms with Crippen LogP contribution in [0.3, 0.4) is 0 Å². The van der Waals surface area contributed by atoms with E-state index in [9.17, 15) is 13.2 Å². The Hall–Kier alpha value is -1.92. The lowest BCUT2D eigenvalue weighted by atomic mass is 10.1. The first-order chi connectivity index (χ1) is 10.4. The van der Waals surface area contributed by atoms with E-state index in [4.69, 9.17) is 0 Å². The first-order valence-electron chi connectivity index (χ1n) is 7.03. The molecule has 0 unspecified atom stereocenters. The summed E-state index contributed by atoms with van der Waals surface area (Å²) < 4.78 is 26.6. The van der Waals surface area contributed by atoms with E-state index < -0.39 is 10.0 Å². The maximum Gasteiger partial charge on any atom is 0.232 e. The van der Waals surface area contributed by atoms with E-state index in [1.807, 2.05) is 41.2 Å². The molecule has 1 aliphatic rings. The number of fused-ring (bicyclic) bond motifs is 1. The molecule has 122 valence electrons. The van der Waals surface area contributed by atoms with Crippen LogP contribution >= 0.6 is 0 Å². The van der Waals surface area contributed by atoms with Crippen LogP contribution in [0, 0.1) is 0 Å². The molecule has 7 heteroatoms. The van der Waals surface area contributed by atoms with Crippen molar-refractivity contribution in [1.29, 1.82) is 0 Å². The molecule has 0 atom stereocenters. The third-order valence-electron chi connectivity index (χ3n) is 3.76. The summed E-state index contributed by atoms with van der Waals surface area (Å²) in [6.07, 6.45) is 5.53. The van der Waals surface area contributed by atoms with Crippen LogP contribution in [-0.2, 0) is 23.0 Å². The molecule has 0 amide bonds. The number of hydrogen-bond donors (Lipinski definition) is 0. The SMILES string of the molecule is CS(=O)(=O)N1CCc2cc(C(=O)C[n+]3ccccc3)ccc21.[Cl-]. The van der Waals surface area contributed by atoms with Crippen LogP contribution < -0.4 is 21.3 Å². The van der Waals surface area contributed by atoms with Crippen molar-refractivity contribution in [3.05, 3.63) is 59.9 Å². The molecule has 5 nitrogen and oxygen atoms in total. The Kier molecular flexibility index (Phi) is 5.06. The number of anilines is 1. The second kappa shape index (κ2) is 6.68. The molecule has 23 heavy (non-hydrogen) atoms. The highest BCUT2D eigenvalue weighted by atomic mass is 35.5. The number of aromatic nitrogens is 1. The average Bonchev–Trinajstić information content (AvgIpc) is 2.91. The van der Waals surface area contributed by atoms with Crippen molar-refractivity contribution < 1.29 is 30.2 Å². The highest BCUT2D eigenvalue weighted by Gasteiger charge is 2.27. The van der Waals surface area contributed by atoms with E-state index in [-0.39, 0.29) is 24.7 Å². The van der Waals surface area contributed by atoms with Gasteiger partial charge in [0.15, 0.2) is 12.4 Å². The summed E-state index contributed by atoms with van der Waals surface area (Å²) in [5, 5.41) is 0. The minimum absolute atomic E-state index is 0. The summed E-state index contributed by atoms with van der Waals surface area (Å²) in [6.45, 7) is 0.717. The largest absolute Gasteiger partial charge is 1.00 e. The number of halogens is 1. The number of hydrogen-bond acceptors (Lipinski definition) is 3. The van der Waals surface area contributed by atoms with Gasteiger partial charge in [-0.1, -0.05) is 6.07 Å². The highest BCUT2D eigenvalue weighted by molar-refractivity contribution is 7.92. The van der Waals surface area contributed by atoms with Gasteiger partial charge in [0.05, 0.1) is 11.9 Å². The first kappa shape index (κ1) is 17.4. The van der Waals surface area contributed by atoms with E-state index in [0.29, 0.717) is 24.2 Å². The van der Waals surface area contributed by atoms with Crippen molar-refractivity contribution >= 4 is 21.5 Å². The number of benzene rings is 1. The van der Waals surface area contributed by atoms with Gasteiger partial charge in [-0.05, 0) is 30.2 Å². The molecule has 0 saturated carbocycles. The van der Waals surface area contributed by atoms with E-state index in [0.717, 1.165) is 5.56 Å². The maximum atomic E-state index is 12.3. The number of ketones is 1. The standard InChI is InChI=1S/C16H17N2O3S.ClH/c1-22(20,21)18-10-7-13-11-14(5-6-15(13)18)16(19)12-17-8-3-2-4-9-17;/h2-6,8-9,11H,7,10,12H2,1H3;1H/q+1;/p-1. The summed E-state index contributed by atoms with van der Waals surface area (Å²) in [7, 11) is -3.25. The minimum atomic E-state index is -3.25. The molecular formula is C16H17ClN2O3S. The van der Waals surface area contributed by atoms with Crippen LogP contribution in [0.4, 0.5) is 5.69 Å². The first-order valence-corrected chi connectivity index (χ1v) is 8.88. The van der Waals surface area contributed by atoms with Gasteiger partial charge in [0.2, 0.25) is 22.4 Å². The highest BCUT2D eigenvalue weighted by Crippen LogP contribution is 2.30. The minimum Gasteiger partial charge on any atom is -1.00 e. The third kappa shape index (κ3) is 3.71. The number of pyridine rings is 1. The van der Waals surface area contributed by atoms with E-state index in [1.165, 1.54) is 10.6 Å². The van der Waals surface area contributed by atoms with E-state index >= 15 is 0 Å². The number of carbonyl (C=O) groups is 1. The van der Waals surface area contributed by atoms with Crippen LogP contribution in [0.5, 0.6) is 0 Å². The maximum absolute atomic E-state index is 12.3. The molecule has 2 aromatic rings. The monoisotopic (exact) mass is 352 g/mol. The molecule has 0 spiro atoms. The number of sulfonamides is 1. The topological polar surface area (TPSA) is 58.3 Å². The number of nitrogens with zero attached hydrogens (tertiary/aromatic N) is 2. The Morgan fingerprint density at radius 3 is 2.57 bits per heavy atom. The summed E-state index contributed by atoms with van der Waals surface area (Å²) >= 11 is 0. The van der Waals surface area contributed by atoms with Crippen LogP contribution in [0.25, 0.3) is 0 Å². The van der Waals surface area contributed by atoms with Crippen molar-refractivity contribution in [2.24, 2.45) is 0 Å². The van der Waals surface area contributed by atoms with E-state index in [1.54, 1.807) is 12.1 Å². The van der Waals surface area contributed by atoms with Gasteiger partial charge in [0, 0.05) is 24.2 Å². The van der Waals surface area contributed by atoms with Crippen LogP contribution in [0.2, 0.25) is 0 Å². The Labute approximate surface area is 142 Å². The van der Waals surface area contributed by atoms with Gasteiger partial charge in [-0.25, -0.2) is 8.42 Å². The van der Waals surface area contributed by atoms with Crippen molar-refractivity contribution in [3.8, 4) is 0 Å². The van der Waals surface area contributed by atoms with Gasteiger partial charge >= 0.3 is 0 Å². The fourth-order valence-electron chi connectivity index (χ4n) is 2.69. The molecule has 0 bridgehead atoms. The third-order valence-corrected chi connectivity index (χ3v) is 4.94. The summed E-state index contributed by atoms with van der Waals surface area (Å²) in [4.78, 5) is 12.3. The van der Waals surface area contributed by atoms with Gasteiger partial charge in [-0.2, -0.15) is 4.57 Å². The second-order valence-electron chi connectivity index (χ2n) is 5.40. The summed E-state index contributed by atoms with van der Waals surface area (Å²) in [5.74, 6) is 0.0109. The quantitative estimate of drug-likeness (QED) is 0.481. The van der Waals surface area contributed by atoms with Gasteiger partial charge in [0.1, 0.15) is 0 Å². The number of carbonyl (C=O) groups excluding carboxylic acids is 1. The van der Waals surface area contributed by atoms with E-state index in [2.05, 4.69) is 0 Å². The van der Waals surface area contributed by atoms with Gasteiger partial charge in [-0.3, -0.25) is 9.10 Å². The van der Waals surface area contributed by atoms with Gasteiger partial charge in [0.25, 0.3) is 0 Å². The molecule has 1 aromatic heterocycles. The normalized spacial score (nSPS) is 13.3. The summed E-state index contributed by atoms with van der Waals surface area (Å²) in [5.41, 5.74) is 2.21.